The fraction of sp³-hybridized carbons (Fsp3) is 0.379. The number of ether oxygens (including phenoxy) is 3. The second-order valence-corrected chi connectivity index (χ2v) is 23.2. The summed E-state index contributed by atoms with van der Waals surface area (Å²) in [6, 6.07) is 25.9. The number of hydrogen-bond acceptors (Lipinski definition) is 13. The molecule has 0 radical (unpaired) electrons. The number of carboxylic acid groups (broad SMARTS) is 1. The van der Waals surface area contributed by atoms with Crippen LogP contribution in [0.15, 0.2) is 122 Å². The average Bonchev–Trinajstić information content (AvgIpc) is 1.67. The molecule has 24 heteroatoms. The molecule has 90 heavy (non-hydrogen) atoms. The second-order valence-electron chi connectivity index (χ2n) is 22.6. The fourth-order valence-electron chi connectivity index (χ4n) is 9.80. The predicted octanol–water partition coefficient (Wildman–Crippen LogP) is 16.1. The van der Waals surface area contributed by atoms with Gasteiger partial charge in [0.2, 0.25) is 17.7 Å². The zero-order chi connectivity index (χ0) is 65.5. The first kappa shape index (κ1) is 68.0. The first-order valence-corrected chi connectivity index (χ1v) is 29.9. The number of halogens is 10. The van der Waals surface area contributed by atoms with Crippen molar-refractivity contribution in [3.8, 4) is 45.9 Å². The van der Waals surface area contributed by atoms with Crippen molar-refractivity contribution in [3.05, 3.63) is 183 Å². The van der Waals surface area contributed by atoms with Crippen LogP contribution in [0.25, 0.3) is 34.4 Å². The topological polar surface area (TPSA) is 167 Å². The van der Waals surface area contributed by atoms with E-state index in [1.807, 2.05) is 44.2 Å². The van der Waals surface area contributed by atoms with Gasteiger partial charge < -0.3 is 32.6 Å². The SMILES string of the molecule is CCOC(=O)C(C)(C)Oc1ccc2c(c1)CCN(Cc1oc(-c3ccc(C(F)(F)F)cc3)nc1C)CC2.Cc1nc(-c2ccc(C(F)(F)F)cc2)oc1CBr.Cc1nc(-c2ccc(C(F)(F)F)cc2)oc1CN1CCc2ccc(OC(C)(C)C(=O)O)cc2CC1. The number of benzene rings is 5. The monoisotopic (exact) mass is 1320 g/mol. The van der Waals surface area contributed by atoms with Gasteiger partial charge in [-0.3, -0.25) is 9.80 Å². The molecule has 0 spiro atoms. The molecule has 2 aliphatic rings. The van der Waals surface area contributed by atoms with E-state index in [0.29, 0.717) is 99.6 Å². The molecule has 0 fully saturated rings. The number of carbonyl (C=O) groups excluding carboxylic acids is 1. The normalized spacial score (nSPS) is 14.2. The van der Waals surface area contributed by atoms with Gasteiger partial charge in [0.25, 0.3) is 0 Å². The number of esters is 1. The maximum atomic E-state index is 12.9. The van der Waals surface area contributed by atoms with E-state index in [-0.39, 0.29) is 0 Å². The first-order valence-electron chi connectivity index (χ1n) is 28.7. The number of alkyl halides is 10. The summed E-state index contributed by atoms with van der Waals surface area (Å²) < 4.78 is 148. The largest absolute Gasteiger partial charge is 0.478 e. The zero-order valence-electron chi connectivity index (χ0n) is 50.6. The van der Waals surface area contributed by atoms with Gasteiger partial charge in [-0.25, -0.2) is 24.5 Å². The molecule has 10 rings (SSSR count). The summed E-state index contributed by atoms with van der Waals surface area (Å²) in [6.07, 6.45) is -9.88. The lowest BCUT2D eigenvalue weighted by molar-refractivity contribution is -0.158. The number of hydrogen-bond donors (Lipinski definition) is 1. The Balaban J connectivity index is 0.000000184. The van der Waals surface area contributed by atoms with Gasteiger partial charge in [0.05, 0.1) is 58.8 Å². The molecule has 3 aromatic heterocycles. The molecule has 0 bridgehead atoms. The number of aliphatic carboxylic acids is 1. The molecule has 2 aliphatic heterocycles. The third-order valence-corrected chi connectivity index (χ3v) is 15.6. The van der Waals surface area contributed by atoms with Crippen molar-refractivity contribution in [1.82, 2.24) is 24.8 Å². The Bertz CT molecular complexity index is 3760. The van der Waals surface area contributed by atoms with Crippen molar-refractivity contribution < 1.29 is 81.7 Å². The van der Waals surface area contributed by atoms with Crippen LogP contribution < -0.4 is 9.47 Å². The van der Waals surface area contributed by atoms with E-state index >= 15 is 0 Å². The highest BCUT2D eigenvalue weighted by Crippen LogP contribution is 2.36. The van der Waals surface area contributed by atoms with Crippen molar-refractivity contribution in [1.29, 1.82) is 0 Å². The molecule has 0 aliphatic carbocycles. The Morgan fingerprint density at radius 2 is 0.822 bits per heavy atom. The molecular formula is C66H67BrF9N5O9. The summed E-state index contributed by atoms with van der Waals surface area (Å²) >= 11 is 3.25. The molecule has 8 aromatic rings. The van der Waals surface area contributed by atoms with Gasteiger partial charge in [0, 0.05) is 42.9 Å². The van der Waals surface area contributed by atoms with E-state index < -0.39 is 58.4 Å². The first-order chi connectivity index (χ1) is 42.3. The molecule has 480 valence electrons. The van der Waals surface area contributed by atoms with E-state index in [4.69, 9.17) is 27.5 Å². The number of fused-ring (bicyclic) bond motifs is 2. The summed E-state index contributed by atoms with van der Waals surface area (Å²) in [7, 11) is 0. The van der Waals surface area contributed by atoms with Gasteiger partial charge in [-0.15, -0.1) is 0 Å². The zero-order valence-corrected chi connectivity index (χ0v) is 52.2. The number of nitrogens with zero attached hydrogens (tertiary/aromatic N) is 5. The third kappa shape index (κ3) is 17.5. The van der Waals surface area contributed by atoms with E-state index in [2.05, 4.69) is 40.7 Å². The molecule has 0 amide bonds. The molecule has 0 saturated carbocycles. The van der Waals surface area contributed by atoms with E-state index in [1.165, 1.54) is 66.9 Å². The summed E-state index contributed by atoms with van der Waals surface area (Å²) in [5, 5.41) is 9.83. The Labute approximate surface area is 522 Å². The minimum atomic E-state index is -4.39. The maximum absolute atomic E-state index is 12.9. The number of aromatic nitrogens is 3. The predicted molar refractivity (Wildman–Crippen MR) is 320 cm³/mol. The van der Waals surface area contributed by atoms with Gasteiger partial charge in [-0.05, 0) is 200 Å². The number of aryl methyl sites for hydroxylation is 3. The number of rotatable bonds is 15. The van der Waals surface area contributed by atoms with Gasteiger partial charge in [-0.1, -0.05) is 28.1 Å². The van der Waals surface area contributed by atoms with Crippen LogP contribution >= 0.6 is 15.9 Å². The van der Waals surface area contributed by atoms with Crippen LogP contribution in [0.1, 0.15) is 108 Å². The van der Waals surface area contributed by atoms with E-state index in [0.717, 1.165) is 99.5 Å². The van der Waals surface area contributed by atoms with Crippen LogP contribution in [0.5, 0.6) is 11.5 Å². The molecular weight excluding hydrogens is 1260 g/mol. The molecule has 5 aromatic carbocycles. The van der Waals surface area contributed by atoms with Crippen LogP contribution in [0.2, 0.25) is 0 Å². The molecule has 0 atom stereocenters. The van der Waals surface area contributed by atoms with Gasteiger partial charge in [0.15, 0.2) is 11.2 Å². The Morgan fingerprint density at radius 1 is 0.500 bits per heavy atom. The van der Waals surface area contributed by atoms with Crippen LogP contribution in [0.4, 0.5) is 39.5 Å². The number of oxazole rings is 3. The van der Waals surface area contributed by atoms with Crippen molar-refractivity contribution in [3.63, 3.8) is 0 Å². The van der Waals surface area contributed by atoms with Crippen molar-refractivity contribution in [2.45, 2.75) is 129 Å². The summed E-state index contributed by atoms with van der Waals surface area (Å²) in [5.74, 6) is 2.69. The van der Waals surface area contributed by atoms with Crippen LogP contribution in [0, 0.1) is 20.8 Å². The highest BCUT2D eigenvalue weighted by atomic mass is 79.9. The summed E-state index contributed by atoms with van der Waals surface area (Å²) in [4.78, 5) is 41.1. The summed E-state index contributed by atoms with van der Waals surface area (Å²) in [5.41, 5.74) is 3.85. The highest BCUT2D eigenvalue weighted by Gasteiger charge is 2.35. The quantitative estimate of drug-likeness (QED) is 0.0585. The smallest absolute Gasteiger partial charge is 0.416 e. The standard InChI is InChI=1S/C28H31F3N2O4.C26H27F3N2O4.C12H9BrF3NO/c1-5-35-26(34)27(3,4)37-23-11-8-19-12-14-33(15-13-21(19)16-23)17-24-18(2)32-25(36-24)20-6-9-22(10-7-20)28(29,30)31;1-16-22(34-23(30-16)18-4-7-20(8-5-18)26(27,28)29)15-31-12-10-17-6-9-21(14-19(17)11-13-31)35-25(2,3)24(32)33;1-7-10(6-13)18-11(17-7)8-2-4-9(5-3-8)12(14,15)16/h6-11,16H,5,12-15,17H2,1-4H3;4-9,14H,10-13,15H2,1-3H3,(H,32,33);2-5H,6H2,1H3. The maximum Gasteiger partial charge on any atom is 0.416 e. The Morgan fingerprint density at radius 3 is 1.13 bits per heavy atom. The average molecular weight is 1330 g/mol. The van der Waals surface area contributed by atoms with Crippen LogP contribution in [-0.2, 0) is 77.0 Å². The van der Waals surface area contributed by atoms with Crippen molar-refractivity contribution in [2.75, 3.05) is 32.8 Å². The Kier molecular flexibility index (Phi) is 21.2. The minimum Gasteiger partial charge on any atom is -0.478 e. The van der Waals surface area contributed by atoms with E-state index in [1.54, 1.807) is 33.8 Å². The third-order valence-electron chi connectivity index (χ3n) is 15.1. The minimum absolute atomic E-state index is 0.294. The molecule has 0 saturated heterocycles. The fourth-order valence-corrected chi connectivity index (χ4v) is 10.3. The van der Waals surface area contributed by atoms with Crippen molar-refractivity contribution in [2.24, 2.45) is 0 Å². The van der Waals surface area contributed by atoms with Crippen LogP contribution in [0.3, 0.4) is 0 Å². The van der Waals surface area contributed by atoms with Crippen molar-refractivity contribution >= 4 is 27.9 Å². The number of carbonyl (C=O) groups is 2. The van der Waals surface area contributed by atoms with Gasteiger partial charge in [-0.2, -0.15) is 39.5 Å². The van der Waals surface area contributed by atoms with Gasteiger partial charge >= 0.3 is 30.5 Å². The lowest BCUT2D eigenvalue weighted by Crippen LogP contribution is -2.39. The van der Waals surface area contributed by atoms with Crippen LogP contribution in [-0.4, -0.2) is 85.8 Å². The molecule has 1 N–H and O–H groups in total. The second kappa shape index (κ2) is 28.1. The summed E-state index contributed by atoms with van der Waals surface area (Å²) in [6.45, 7) is 18.2. The number of carboxylic acids is 1. The lowest BCUT2D eigenvalue weighted by atomic mass is 10.0. The van der Waals surface area contributed by atoms with E-state index in [9.17, 15) is 54.2 Å². The lowest BCUT2D eigenvalue weighted by Gasteiger charge is -2.24. The molecule has 0 unspecified atom stereocenters. The van der Waals surface area contributed by atoms with Gasteiger partial charge in [0.1, 0.15) is 28.8 Å². The molecule has 14 nitrogen and oxygen atoms in total. The molecule has 5 heterocycles. The highest BCUT2D eigenvalue weighted by molar-refractivity contribution is 9.08. The Hall–Kier alpha value is -7.96.